The molecule has 0 aromatic carbocycles. The summed E-state index contributed by atoms with van der Waals surface area (Å²) in [6.07, 6.45) is 14.6. The summed E-state index contributed by atoms with van der Waals surface area (Å²) in [7, 11) is 0. The maximum absolute atomic E-state index is 3.91. The average Bonchev–Trinajstić information content (AvgIpc) is 2.49. The van der Waals surface area contributed by atoms with Crippen LogP contribution >= 0.6 is 0 Å². The molecule has 1 unspecified atom stereocenters. The molecule has 3 aliphatic rings. The Kier molecular flexibility index (Phi) is 4.72. The largest absolute Gasteiger partial charge is 0.311 e. The monoisotopic (exact) mass is 278 g/mol. The van der Waals surface area contributed by atoms with E-state index in [-0.39, 0.29) is 0 Å². The molecule has 0 amide bonds. The molecule has 0 aromatic rings. The van der Waals surface area contributed by atoms with Crippen LogP contribution < -0.4 is 5.32 Å². The van der Waals surface area contributed by atoms with Crippen molar-refractivity contribution in [3.63, 3.8) is 0 Å². The molecular weight excluding hydrogens is 244 g/mol. The zero-order chi connectivity index (χ0) is 14.0. The second kappa shape index (κ2) is 6.36. The predicted molar refractivity (Wildman–Crippen MR) is 86.0 cm³/mol. The summed E-state index contributed by atoms with van der Waals surface area (Å²) in [6.45, 7) is 7.33. The van der Waals surface area contributed by atoms with Gasteiger partial charge >= 0.3 is 0 Å². The number of nitrogens with one attached hydrogen (secondary N) is 1. The van der Waals surface area contributed by atoms with E-state index in [9.17, 15) is 0 Å². The van der Waals surface area contributed by atoms with Crippen LogP contribution in [0.5, 0.6) is 0 Å². The Hall–Kier alpha value is -0.0800. The highest BCUT2D eigenvalue weighted by Crippen LogP contribution is 2.40. The Morgan fingerprint density at radius 1 is 0.950 bits per heavy atom. The van der Waals surface area contributed by atoms with Crippen LogP contribution in [-0.2, 0) is 0 Å². The quantitative estimate of drug-likeness (QED) is 0.822. The van der Waals surface area contributed by atoms with E-state index in [1.807, 2.05) is 0 Å². The molecule has 1 saturated heterocycles. The molecule has 2 nitrogen and oxygen atoms in total. The molecule has 3 fully saturated rings. The molecule has 3 rings (SSSR count). The molecule has 116 valence electrons. The SMILES string of the molecule is CC(C)C1CN(C2CCCCC2)C2(CCCCC2)CN1. The third-order valence-corrected chi connectivity index (χ3v) is 6.30. The van der Waals surface area contributed by atoms with Gasteiger partial charge in [-0.1, -0.05) is 52.4 Å². The first-order chi connectivity index (χ1) is 9.71. The standard InChI is InChI=1S/C18H34N2/c1-15(2)17-13-20(16-9-5-3-6-10-16)18(14-19-17)11-7-4-8-12-18/h15-17,19H,3-14H2,1-2H3. The van der Waals surface area contributed by atoms with E-state index in [0.717, 1.165) is 12.0 Å². The van der Waals surface area contributed by atoms with E-state index >= 15 is 0 Å². The second-order valence-electron chi connectivity index (χ2n) is 7.96. The molecule has 2 aliphatic carbocycles. The maximum Gasteiger partial charge on any atom is 0.0337 e. The van der Waals surface area contributed by atoms with Crippen molar-refractivity contribution in [1.82, 2.24) is 10.2 Å². The van der Waals surface area contributed by atoms with Crippen LogP contribution in [0, 0.1) is 5.92 Å². The Balaban J connectivity index is 1.77. The van der Waals surface area contributed by atoms with Gasteiger partial charge in [0.1, 0.15) is 0 Å². The molecule has 0 aromatic heterocycles. The van der Waals surface area contributed by atoms with Gasteiger partial charge in [0.2, 0.25) is 0 Å². The van der Waals surface area contributed by atoms with E-state index in [4.69, 9.17) is 0 Å². The Morgan fingerprint density at radius 2 is 1.60 bits per heavy atom. The van der Waals surface area contributed by atoms with E-state index in [0.29, 0.717) is 11.6 Å². The molecule has 1 aliphatic heterocycles. The van der Waals surface area contributed by atoms with E-state index < -0.39 is 0 Å². The summed E-state index contributed by atoms with van der Waals surface area (Å²) in [5, 5.41) is 3.91. The van der Waals surface area contributed by atoms with Crippen LogP contribution in [0.3, 0.4) is 0 Å². The molecule has 20 heavy (non-hydrogen) atoms. The highest BCUT2D eigenvalue weighted by atomic mass is 15.3. The van der Waals surface area contributed by atoms with E-state index in [1.165, 1.54) is 77.3 Å². The van der Waals surface area contributed by atoms with Crippen LogP contribution in [0.1, 0.15) is 78.1 Å². The summed E-state index contributed by atoms with van der Waals surface area (Å²) in [5.74, 6) is 0.766. The highest BCUT2D eigenvalue weighted by molar-refractivity contribution is 5.03. The number of piperazine rings is 1. The van der Waals surface area contributed by atoms with Crippen molar-refractivity contribution in [2.24, 2.45) is 5.92 Å². The molecule has 2 saturated carbocycles. The Morgan fingerprint density at radius 3 is 2.25 bits per heavy atom. The molecule has 2 heteroatoms. The molecular formula is C18H34N2. The van der Waals surface area contributed by atoms with E-state index in [1.54, 1.807) is 0 Å². The molecule has 1 N–H and O–H groups in total. The van der Waals surface area contributed by atoms with Gasteiger partial charge in [0.25, 0.3) is 0 Å². The maximum atomic E-state index is 3.91. The minimum absolute atomic E-state index is 0.519. The smallest absolute Gasteiger partial charge is 0.0337 e. The summed E-state index contributed by atoms with van der Waals surface area (Å²) in [6, 6.07) is 1.61. The zero-order valence-corrected chi connectivity index (χ0v) is 13.7. The molecule has 0 radical (unpaired) electrons. The van der Waals surface area contributed by atoms with Crippen LogP contribution in [0.25, 0.3) is 0 Å². The van der Waals surface area contributed by atoms with Gasteiger partial charge in [0.15, 0.2) is 0 Å². The van der Waals surface area contributed by atoms with Gasteiger partial charge in [-0.15, -0.1) is 0 Å². The number of hydrogen-bond donors (Lipinski definition) is 1. The van der Waals surface area contributed by atoms with E-state index in [2.05, 4.69) is 24.1 Å². The third-order valence-electron chi connectivity index (χ3n) is 6.30. The van der Waals surface area contributed by atoms with Crippen molar-refractivity contribution in [1.29, 1.82) is 0 Å². The summed E-state index contributed by atoms with van der Waals surface area (Å²) < 4.78 is 0. The first-order valence-electron chi connectivity index (χ1n) is 9.21. The van der Waals surface area contributed by atoms with Gasteiger partial charge < -0.3 is 5.32 Å². The minimum Gasteiger partial charge on any atom is -0.311 e. The third kappa shape index (κ3) is 2.92. The minimum atomic E-state index is 0.519. The number of rotatable bonds is 2. The number of nitrogens with zero attached hydrogens (tertiary/aromatic N) is 1. The van der Waals surface area contributed by atoms with Gasteiger partial charge in [0.05, 0.1) is 0 Å². The van der Waals surface area contributed by atoms with Crippen LogP contribution in [0.15, 0.2) is 0 Å². The Bertz CT molecular complexity index is 301. The fraction of sp³-hybridized carbons (Fsp3) is 1.00. The normalized spacial score (nSPS) is 32.9. The molecule has 1 spiro atoms. The summed E-state index contributed by atoms with van der Waals surface area (Å²) >= 11 is 0. The highest BCUT2D eigenvalue weighted by Gasteiger charge is 2.45. The van der Waals surface area contributed by atoms with Crippen LogP contribution in [0.4, 0.5) is 0 Å². The lowest BCUT2D eigenvalue weighted by atomic mass is 9.75. The van der Waals surface area contributed by atoms with Crippen molar-refractivity contribution < 1.29 is 0 Å². The van der Waals surface area contributed by atoms with Crippen molar-refractivity contribution in [2.75, 3.05) is 13.1 Å². The van der Waals surface area contributed by atoms with Gasteiger partial charge in [-0.25, -0.2) is 0 Å². The second-order valence-corrected chi connectivity index (χ2v) is 7.96. The molecule has 1 heterocycles. The fourth-order valence-electron chi connectivity index (χ4n) is 4.94. The molecule has 0 bridgehead atoms. The van der Waals surface area contributed by atoms with Crippen molar-refractivity contribution >= 4 is 0 Å². The van der Waals surface area contributed by atoms with Gasteiger partial charge in [-0.3, -0.25) is 4.90 Å². The lowest BCUT2D eigenvalue weighted by molar-refractivity contribution is -0.0390. The average molecular weight is 278 g/mol. The summed E-state index contributed by atoms with van der Waals surface area (Å²) in [5.41, 5.74) is 0.519. The van der Waals surface area contributed by atoms with Crippen LogP contribution in [-0.4, -0.2) is 35.6 Å². The predicted octanol–water partition coefficient (Wildman–Crippen LogP) is 3.95. The van der Waals surface area contributed by atoms with Gasteiger partial charge in [-0.05, 0) is 31.6 Å². The van der Waals surface area contributed by atoms with Crippen molar-refractivity contribution in [3.05, 3.63) is 0 Å². The fourth-order valence-corrected chi connectivity index (χ4v) is 4.94. The summed E-state index contributed by atoms with van der Waals surface area (Å²) in [4.78, 5) is 3.01. The number of hydrogen-bond acceptors (Lipinski definition) is 2. The van der Waals surface area contributed by atoms with Gasteiger partial charge in [0, 0.05) is 30.7 Å². The van der Waals surface area contributed by atoms with Crippen LogP contribution in [0.2, 0.25) is 0 Å². The Labute approximate surface area is 125 Å². The topological polar surface area (TPSA) is 15.3 Å². The van der Waals surface area contributed by atoms with Gasteiger partial charge in [-0.2, -0.15) is 0 Å². The molecule has 1 atom stereocenters. The lowest BCUT2D eigenvalue weighted by Gasteiger charge is -2.56. The van der Waals surface area contributed by atoms with Crippen molar-refractivity contribution in [2.45, 2.75) is 95.7 Å². The lowest BCUT2D eigenvalue weighted by Crippen LogP contribution is -2.68. The zero-order valence-electron chi connectivity index (χ0n) is 13.7. The first-order valence-corrected chi connectivity index (χ1v) is 9.21. The van der Waals surface area contributed by atoms with Crippen molar-refractivity contribution in [3.8, 4) is 0 Å². The first kappa shape index (κ1) is 14.8.